The third kappa shape index (κ3) is 4.93. The summed E-state index contributed by atoms with van der Waals surface area (Å²) in [5.74, 6) is 0. The summed E-state index contributed by atoms with van der Waals surface area (Å²) >= 11 is 9.82. The molecule has 1 unspecified atom stereocenters. The average Bonchev–Trinajstić information content (AvgIpc) is 2.48. The molecular weight excluding hydrogens is 352 g/mol. The first-order valence-corrected chi connectivity index (χ1v) is 8.79. The van der Waals surface area contributed by atoms with Crippen molar-refractivity contribution in [1.82, 2.24) is 4.90 Å². The summed E-state index contributed by atoms with van der Waals surface area (Å²) in [6.45, 7) is 5.83. The second kappa shape index (κ2) is 8.49. The van der Waals surface area contributed by atoms with Crippen molar-refractivity contribution in [3.05, 3.63) is 33.3 Å². The standard InChI is InChI=1S/C16H24BrClN2O/c1-12(15-4-3-13(17)11-16(15)18)20-8-5-14(6-9-20)21-10-2-7-19/h3-4,11-12,14H,2,5-10,19H2,1H3. The SMILES string of the molecule is CC(c1ccc(Br)cc1Cl)N1CCC(OCCCN)CC1. The number of nitrogens with two attached hydrogens (primary N) is 1. The number of piperidine rings is 1. The fourth-order valence-electron chi connectivity index (χ4n) is 2.80. The number of nitrogens with zero attached hydrogens (tertiary/aromatic N) is 1. The van der Waals surface area contributed by atoms with Crippen LogP contribution in [0.25, 0.3) is 0 Å². The van der Waals surface area contributed by atoms with Gasteiger partial charge in [0, 0.05) is 35.2 Å². The molecular formula is C16H24BrClN2O. The summed E-state index contributed by atoms with van der Waals surface area (Å²) in [6.07, 6.45) is 3.51. The number of benzene rings is 1. The third-order valence-electron chi connectivity index (χ3n) is 4.14. The Morgan fingerprint density at radius 2 is 2.14 bits per heavy atom. The van der Waals surface area contributed by atoms with Crippen LogP contribution < -0.4 is 5.73 Å². The Kier molecular flexibility index (Phi) is 6.96. The van der Waals surface area contributed by atoms with Gasteiger partial charge in [0.15, 0.2) is 0 Å². The van der Waals surface area contributed by atoms with Gasteiger partial charge < -0.3 is 10.5 Å². The van der Waals surface area contributed by atoms with Gasteiger partial charge >= 0.3 is 0 Å². The van der Waals surface area contributed by atoms with E-state index in [-0.39, 0.29) is 0 Å². The highest BCUT2D eigenvalue weighted by atomic mass is 79.9. The van der Waals surface area contributed by atoms with Crippen LogP contribution >= 0.6 is 27.5 Å². The Hall–Kier alpha value is -0.130. The van der Waals surface area contributed by atoms with Crippen LogP contribution in [0.2, 0.25) is 5.02 Å². The van der Waals surface area contributed by atoms with Crippen LogP contribution in [0.15, 0.2) is 22.7 Å². The lowest BCUT2D eigenvalue weighted by Crippen LogP contribution is -2.38. The van der Waals surface area contributed by atoms with Crippen LogP contribution in [0.4, 0.5) is 0 Å². The van der Waals surface area contributed by atoms with E-state index in [1.54, 1.807) is 0 Å². The molecule has 0 radical (unpaired) electrons. The minimum absolute atomic E-state index is 0.343. The Labute approximate surface area is 140 Å². The second-order valence-electron chi connectivity index (χ2n) is 5.59. The molecule has 21 heavy (non-hydrogen) atoms. The molecule has 0 aliphatic carbocycles. The highest BCUT2D eigenvalue weighted by molar-refractivity contribution is 9.10. The second-order valence-corrected chi connectivity index (χ2v) is 6.91. The topological polar surface area (TPSA) is 38.5 Å². The van der Waals surface area contributed by atoms with Crippen molar-refractivity contribution in [2.75, 3.05) is 26.2 Å². The van der Waals surface area contributed by atoms with Gasteiger partial charge in [-0.05, 0) is 50.4 Å². The highest BCUT2D eigenvalue weighted by Crippen LogP contribution is 2.31. The van der Waals surface area contributed by atoms with Crippen molar-refractivity contribution in [3.63, 3.8) is 0 Å². The highest BCUT2D eigenvalue weighted by Gasteiger charge is 2.24. The van der Waals surface area contributed by atoms with Gasteiger partial charge in [-0.25, -0.2) is 0 Å². The molecule has 2 rings (SSSR count). The zero-order chi connectivity index (χ0) is 15.2. The number of hydrogen-bond acceptors (Lipinski definition) is 3. The molecule has 1 aliphatic rings. The quantitative estimate of drug-likeness (QED) is 0.764. The van der Waals surface area contributed by atoms with E-state index in [9.17, 15) is 0 Å². The third-order valence-corrected chi connectivity index (χ3v) is 4.96. The first-order valence-electron chi connectivity index (χ1n) is 7.62. The molecule has 1 aromatic rings. The molecule has 118 valence electrons. The number of ether oxygens (including phenoxy) is 1. The van der Waals surface area contributed by atoms with Crippen molar-refractivity contribution in [2.45, 2.75) is 38.3 Å². The summed E-state index contributed by atoms with van der Waals surface area (Å²) in [6, 6.07) is 6.48. The summed E-state index contributed by atoms with van der Waals surface area (Å²) in [5, 5.41) is 0.832. The number of halogens is 2. The fraction of sp³-hybridized carbons (Fsp3) is 0.625. The van der Waals surface area contributed by atoms with Crippen LogP contribution in [-0.4, -0.2) is 37.2 Å². The summed E-state index contributed by atoms with van der Waals surface area (Å²) in [7, 11) is 0. The monoisotopic (exact) mass is 374 g/mol. The van der Waals surface area contributed by atoms with Gasteiger partial charge in [-0.15, -0.1) is 0 Å². The van der Waals surface area contributed by atoms with Crippen molar-refractivity contribution in [2.24, 2.45) is 5.73 Å². The molecule has 1 fully saturated rings. The van der Waals surface area contributed by atoms with Crippen molar-refractivity contribution in [1.29, 1.82) is 0 Å². The number of likely N-dealkylation sites (tertiary alicyclic amines) is 1. The van der Waals surface area contributed by atoms with Crippen LogP contribution in [0, 0.1) is 0 Å². The lowest BCUT2D eigenvalue weighted by Gasteiger charge is -2.36. The lowest BCUT2D eigenvalue weighted by molar-refractivity contribution is -0.000737. The van der Waals surface area contributed by atoms with E-state index in [1.807, 2.05) is 6.07 Å². The molecule has 1 aromatic carbocycles. The van der Waals surface area contributed by atoms with E-state index in [1.165, 1.54) is 5.56 Å². The average molecular weight is 376 g/mol. The molecule has 1 saturated heterocycles. The largest absolute Gasteiger partial charge is 0.378 e. The smallest absolute Gasteiger partial charge is 0.0599 e. The van der Waals surface area contributed by atoms with E-state index >= 15 is 0 Å². The Balaban J connectivity index is 1.86. The van der Waals surface area contributed by atoms with Crippen LogP contribution in [-0.2, 0) is 4.74 Å². The zero-order valence-electron chi connectivity index (χ0n) is 12.5. The molecule has 0 amide bonds. The summed E-state index contributed by atoms with van der Waals surface area (Å²) < 4.78 is 6.88. The number of rotatable bonds is 6. The molecule has 3 nitrogen and oxygen atoms in total. The van der Waals surface area contributed by atoms with E-state index in [0.29, 0.717) is 18.7 Å². The Morgan fingerprint density at radius 3 is 2.76 bits per heavy atom. The van der Waals surface area contributed by atoms with Crippen molar-refractivity contribution >= 4 is 27.5 Å². The van der Waals surface area contributed by atoms with Gasteiger partial charge in [-0.2, -0.15) is 0 Å². The maximum absolute atomic E-state index is 6.36. The maximum atomic E-state index is 6.36. The first kappa shape index (κ1) is 17.2. The first-order chi connectivity index (χ1) is 10.1. The van der Waals surface area contributed by atoms with E-state index in [0.717, 1.165) is 48.5 Å². The molecule has 0 aromatic heterocycles. The molecule has 0 spiro atoms. The van der Waals surface area contributed by atoms with Gasteiger partial charge in [0.05, 0.1) is 6.10 Å². The Bertz CT molecular complexity index is 450. The van der Waals surface area contributed by atoms with Gasteiger partial charge in [0.2, 0.25) is 0 Å². The summed E-state index contributed by atoms with van der Waals surface area (Å²) in [4.78, 5) is 2.48. The lowest BCUT2D eigenvalue weighted by atomic mass is 10.0. The molecule has 1 aliphatic heterocycles. The summed E-state index contributed by atoms with van der Waals surface area (Å²) in [5.41, 5.74) is 6.69. The van der Waals surface area contributed by atoms with Crippen molar-refractivity contribution < 1.29 is 4.74 Å². The van der Waals surface area contributed by atoms with Crippen LogP contribution in [0.1, 0.15) is 37.8 Å². The predicted molar refractivity (Wildman–Crippen MR) is 91.8 cm³/mol. The van der Waals surface area contributed by atoms with Gasteiger partial charge in [-0.1, -0.05) is 33.6 Å². The van der Waals surface area contributed by atoms with E-state index < -0.39 is 0 Å². The van der Waals surface area contributed by atoms with Crippen LogP contribution in [0.5, 0.6) is 0 Å². The number of hydrogen-bond donors (Lipinski definition) is 1. The van der Waals surface area contributed by atoms with E-state index in [2.05, 4.69) is 39.9 Å². The molecule has 5 heteroatoms. The maximum Gasteiger partial charge on any atom is 0.0599 e. The van der Waals surface area contributed by atoms with Gasteiger partial charge in [0.25, 0.3) is 0 Å². The van der Waals surface area contributed by atoms with E-state index in [4.69, 9.17) is 22.1 Å². The minimum atomic E-state index is 0.343. The van der Waals surface area contributed by atoms with Gasteiger partial charge in [-0.3, -0.25) is 4.90 Å². The normalized spacial score (nSPS) is 18.9. The molecule has 1 atom stereocenters. The van der Waals surface area contributed by atoms with Crippen LogP contribution in [0.3, 0.4) is 0 Å². The molecule has 1 heterocycles. The Morgan fingerprint density at radius 1 is 1.43 bits per heavy atom. The zero-order valence-corrected chi connectivity index (χ0v) is 14.9. The fourth-order valence-corrected chi connectivity index (χ4v) is 3.63. The van der Waals surface area contributed by atoms with Gasteiger partial charge in [0.1, 0.15) is 0 Å². The molecule has 2 N–H and O–H groups in total. The minimum Gasteiger partial charge on any atom is -0.378 e. The molecule has 0 saturated carbocycles. The van der Waals surface area contributed by atoms with Crippen molar-refractivity contribution in [3.8, 4) is 0 Å². The molecule has 0 bridgehead atoms. The predicted octanol–water partition coefficient (Wildman–Crippen LogP) is 3.99.